The van der Waals surface area contributed by atoms with Crippen molar-refractivity contribution in [3.8, 4) is 22.9 Å². The van der Waals surface area contributed by atoms with Crippen molar-refractivity contribution in [1.82, 2.24) is 19.9 Å². The first-order valence-electron chi connectivity index (χ1n) is 10.3. The molecule has 2 N–H and O–H groups in total. The van der Waals surface area contributed by atoms with Crippen molar-refractivity contribution in [1.29, 1.82) is 0 Å². The average molecular weight is 518 g/mol. The van der Waals surface area contributed by atoms with Crippen molar-refractivity contribution in [2.75, 3.05) is 19.0 Å². The minimum absolute atomic E-state index is 0.00757. The van der Waals surface area contributed by atoms with E-state index in [0.29, 0.717) is 16.0 Å². The largest absolute Gasteiger partial charge is 0.496 e. The van der Waals surface area contributed by atoms with Crippen molar-refractivity contribution in [2.24, 2.45) is 0 Å². The molecule has 0 radical (unpaired) electrons. The number of methoxy groups -OCH3 is 1. The average Bonchev–Trinajstić information content (AvgIpc) is 3.20. The van der Waals surface area contributed by atoms with Gasteiger partial charge in [0.2, 0.25) is 0 Å². The topological polar surface area (TPSA) is 119 Å². The third-order valence-electron chi connectivity index (χ3n) is 4.74. The van der Waals surface area contributed by atoms with Crippen LogP contribution in [-0.4, -0.2) is 50.3 Å². The summed E-state index contributed by atoms with van der Waals surface area (Å²) in [5.74, 6) is -1.04. The second-order valence-corrected chi connectivity index (χ2v) is 9.61. The number of anilines is 1. The molecule has 35 heavy (non-hydrogen) atoms. The van der Waals surface area contributed by atoms with Crippen LogP contribution in [0.5, 0.6) is 11.8 Å². The third kappa shape index (κ3) is 5.47. The number of hydrogen-bond donors (Lipinski definition) is 2. The molecule has 1 aromatic carbocycles. The van der Waals surface area contributed by atoms with E-state index in [1.54, 1.807) is 26.8 Å². The van der Waals surface area contributed by atoms with Gasteiger partial charge in [0.05, 0.1) is 35.1 Å². The highest BCUT2D eigenvalue weighted by atomic mass is 35.5. The Morgan fingerprint density at radius 3 is 2.74 bits per heavy atom. The highest BCUT2D eigenvalue weighted by Gasteiger charge is 2.23. The van der Waals surface area contributed by atoms with Crippen molar-refractivity contribution < 1.29 is 23.8 Å². The number of ether oxygens (including phenoxy) is 2. The smallest absolute Gasteiger partial charge is 0.317 e. The van der Waals surface area contributed by atoms with Gasteiger partial charge in [0.15, 0.2) is 15.8 Å². The van der Waals surface area contributed by atoms with E-state index in [1.165, 1.54) is 31.6 Å². The van der Waals surface area contributed by atoms with Gasteiger partial charge in [-0.15, -0.1) is 0 Å². The molecule has 0 aliphatic rings. The van der Waals surface area contributed by atoms with Gasteiger partial charge in [0.1, 0.15) is 17.9 Å². The fourth-order valence-electron chi connectivity index (χ4n) is 3.15. The molecule has 4 aromatic rings. The first-order valence-corrected chi connectivity index (χ1v) is 11.5. The summed E-state index contributed by atoms with van der Waals surface area (Å²) < 4.78 is 25.8. The molecule has 0 saturated carbocycles. The first kappa shape index (κ1) is 24.7. The van der Waals surface area contributed by atoms with Gasteiger partial charge in [-0.3, -0.25) is 15.1 Å². The lowest BCUT2D eigenvalue weighted by atomic mass is 9.98. The molecular weight excluding hydrogens is 497 g/mol. The molecule has 0 saturated heterocycles. The number of carbonyl (C=O) groups is 1. The second kappa shape index (κ2) is 9.68. The summed E-state index contributed by atoms with van der Waals surface area (Å²) in [4.78, 5) is 30.5. The summed E-state index contributed by atoms with van der Waals surface area (Å²) in [6, 6.07) is 4.58. The highest BCUT2D eigenvalue weighted by molar-refractivity contribution is 7.22. The number of aryl methyl sites for hydroxylation is 1. The maximum atomic E-state index is 15.0. The number of fused-ring (bicyclic) bond motifs is 1. The predicted octanol–water partition coefficient (Wildman–Crippen LogP) is 4.66. The van der Waals surface area contributed by atoms with Crippen LogP contribution in [0.4, 0.5) is 9.52 Å². The van der Waals surface area contributed by atoms with Crippen molar-refractivity contribution >= 4 is 44.3 Å². The van der Waals surface area contributed by atoms with Crippen LogP contribution in [0.1, 0.15) is 29.9 Å². The van der Waals surface area contributed by atoms with Gasteiger partial charge in [-0.1, -0.05) is 22.9 Å². The molecule has 12 heteroatoms. The number of pyridine rings is 1. The Morgan fingerprint density at radius 1 is 1.26 bits per heavy atom. The zero-order valence-corrected chi connectivity index (χ0v) is 20.8. The molecule has 182 valence electrons. The minimum atomic E-state index is -1.05. The summed E-state index contributed by atoms with van der Waals surface area (Å²) >= 11 is 7.12. The molecule has 0 atom stereocenters. The van der Waals surface area contributed by atoms with E-state index in [9.17, 15) is 9.90 Å². The van der Waals surface area contributed by atoms with Crippen molar-refractivity contribution in [3.63, 3.8) is 0 Å². The minimum Gasteiger partial charge on any atom is -0.496 e. The van der Waals surface area contributed by atoms with Crippen molar-refractivity contribution in [2.45, 2.75) is 26.4 Å². The quantitative estimate of drug-likeness (QED) is 0.363. The summed E-state index contributed by atoms with van der Waals surface area (Å²) in [7, 11) is 1.40. The van der Waals surface area contributed by atoms with Gasteiger partial charge < -0.3 is 14.6 Å². The number of rotatable bonds is 7. The van der Waals surface area contributed by atoms with Crippen LogP contribution in [0.3, 0.4) is 0 Å². The Hall–Kier alpha value is -3.41. The molecule has 1 amide bonds. The zero-order chi connectivity index (χ0) is 25.3. The summed E-state index contributed by atoms with van der Waals surface area (Å²) in [5, 5.41) is 12.7. The molecule has 0 bridgehead atoms. The molecule has 0 aliphatic heterocycles. The summed E-state index contributed by atoms with van der Waals surface area (Å²) in [5.41, 5.74) is 0.414. The van der Waals surface area contributed by atoms with Crippen LogP contribution in [0.2, 0.25) is 5.02 Å². The Morgan fingerprint density at radius 2 is 2.03 bits per heavy atom. The lowest BCUT2D eigenvalue weighted by Gasteiger charge is -2.16. The van der Waals surface area contributed by atoms with Crippen LogP contribution in [0.15, 0.2) is 30.6 Å². The maximum Gasteiger partial charge on any atom is 0.317 e. The Labute approximate surface area is 209 Å². The predicted molar refractivity (Wildman–Crippen MR) is 131 cm³/mol. The fraction of sp³-hybridized carbons (Fsp3) is 0.261. The molecule has 3 aromatic heterocycles. The molecule has 9 nitrogen and oxygen atoms in total. The lowest BCUT2D eigenvalue weighted by Crippen LogP contribution is -2.28. The Kier molecular flexibility index (Phi) is 6.84. The molecule has 3 heterocycles. The second-order valence-electron chi connectivity index (χ2n) is 8.23. The van der Waals surface area contributed by atoms with E-state index in [0.717, 1.165) is 11.3 Å². The van der Waals surface area contributed by atoms with Gasteiger partial charge in [0, 0.05) is 17.5 Å². The van der Waals surface area contributed by atoms with Crippen LogP contribution in [0.25, 0.3) is 21.5 Å². The van der Waals surface area contributed by atoms with E-state index < -0.39 is 17.3 Å². The van der Waals surface area contributed by atoms with Gasteiger partial charge in [-0.25, -0.2) is 14.4 Å². The number of carbonyl (C=O) groups excluding carboxylic acids is 1. The van der Waals surface area contributed by atoms with Crippen molar-refractivity contribution in [3.05, 3.63) is 52.7 Å². The number of nitrogens with one attached hydrogen (secondary N) is 1. The number of halogens is 2. The molecule has 0 fully saturated rings. The number of thiazole rings is 1. The number of aromatic nitrogens is 4. The van der Waals surface area contributed by atoms with E-state index in [2.05, 4.69) is 25.3 Å². The van der Waals surface area contributed by atoms with Gasteiger partial charge >= 0.3 is 6.01 Å². The Balaban J connectivity index is 1.66. The normalized spacial score (nSPS) is 11.5. The third-order valence-corrected chi connectivity index (χ3v) is 5.91. The monoisotopic (exact) mass is 517 g/mol. The van der Waals surface area contributed by atoms with Crippen LogP contribution < -0.4 is 14.8 Å². The van der Waals surface area contributed by atoms with E-state index in [1.807, 2.05) is 0 Å². The molecular formula is C23H21ClFN5O4S. The van der Waals surface area contributed by atoms with Crippen LogP contribution >= 0.6 is 22.9 Å². The zero-order valence-electron chi connectivity index (χ0n) is 19.2. The number of aliphatic hydroxyl groups is 1. The van der Waals surface area contributed by atoms with Crippen LogP contribution in [0, 0.1) is 12.7 Å². The first-order chi connectivity index (χ1) is 16.6. The fourth-order valence-corrected chi connectivity index (χ4v) is 4.11. The standard InChI is InChI=1S/C23H21ClFN5O4S/c1-11-7-12(17-16(33-4)6-5-14(24)18(17)25)13(8-26-11)19(31)29-22-28-15-9-27-21(30-20(15)35-22)34-10-23(2,3)32/h5-9,32H,10H2,1-4H3,(H,28,29,31). The SMILES string of the molecule is COc1ccc(Cl)c(F)c1-c1cc(C)ncc1C(=O)Nc1nc2cnc(OCC(C)(C)O)nc2s1. The van der Waals surface area contributed by atoms with E-state index >= 15 is 4.39 Å². The number of amides is 1. The van der Waals surface area contributed by atoms with E-state index in [4.69, 9.17) is 21.1 Å². The number of nitrogens with zero attached hydrogens (tertiary/aromatic N) is 4. The van der Waals surface area contributed by atoms with Gasteiger partial charge in [-0.2, -0.15) is 4.98 Å². The Bertz CT molecular complexity index is 1420. The summed E-state index contributed by atoms with van der Waals surface area (Å²) in [6.45, 7) is 4.94. The molecule has 0 spiro atoms. The van der Waals surface area contributed by atoms with Gasteiger partial charge in [0.25, 0.3) is 5.91 Å². The number of benzene rings is 1. The molecule has 0 aliphatic carbocycles. The molecule has 4 rings (SSSR count). The highest BCUT2D eigenvalue weighted by Crippen LogP contribution is 2.38. The number of hydrogen-bond acceptors (Lipinski definition) is 9. The van der Waals surface area contributed by atoms with Gasteiger partial charge in [-0.05, 0) is 39.0 Å². The molecule has 0 unspecified atom stereocenters. The van der Waals surface area contributed by atoms with E-state index in [-0.39, 0.29) is 45.2 Å². The van der Waals surface area contributed by atoms with Crippen LogP contribution in [-0.2, 0) is 0 Å². The summed E-state index contributed by atoms with van der Waals surface area (Å²) in [6.07, 6.45) is 2.81. The maximum absolute atomic E-state index is 15.0. The lowest BCUT2D eigenvalue weighted by molar-refractivity contribution is 0.0251.